The van der Waals surface area contributed by atoms with Crippen molar-refractivity contribution < 1.29 is 27.4 Å². The van der Waals surface area contributed by atoms with Crippen LogP contribution in [0, 0.1) is 11.2 Å². The van der Waals surface area contributed by atoms with Crippen molar-refractivity contribution >= 4 is 55.2 Å². The third-order valence-corrected chi connectivity index (χ3v) is 11.3. The van der Waals surface area contributed by atoms with Crippen LogP contribution in [0.1, 0.15) is 19.4 Å². The van der Waals surface area contributed by atoms with Crippen molar-refractivity contribution in [1.29, 1.82) is 0 Å². The van der Waals surface area contributed by atoms with E-state index in [1.54, 1.807) is 0 Å². The molecule has 1 unspecified atom stereocenters. The number of aliphatic hydroxyl groups is 1. The van der Waals surface area contributed by atoms with Gasteiger partial charge >= 0.3 is 11.9 Å². The number of rotatable bonds is 4. The van der Waals surface area contributed by atoms with E-state index in [2.05, 4.69) is 16.5 Å². The highest BCUT2D eigenvalue weighted by molar-refractivity contribution is 7.99. The lowest BCUT2D eigenvalue weighted by molar-refractivity contribution is -0.137. The van der Waals surface area contributed by atoms with E-state index in [9.17, 15) is 14.3 Å². The molecule has 238 valence electrons. The van der Waals surface area contributed by atoms with Gasteiger partial charge in [-0.15, -0.1) is 11.8 Å². The second-order valence-corrected chi connectivity index (χ2v) is 14.1. The van der Waals surface area contributed by atoms with Crippen molar-refractivity contribution in [2.24, 2.45) is 5.41 Å². The van der Waals surface area contributed by atoms with Crippen molar-refractivity contribution in [1.82, 2.24) is 19.4 Å². The molecule has 0 bridgehead atoms. The van der Waals surface area contributed by atoms with E-state index in [1.165, 1.54) is 28.5 Å². The third kappa shape index (κ3) is 4.82. The summed E-state index contributed by atoms with van der Waals surface area (Å²) < 4.78 is 67.5. The van der Waals surface area contributed by atoms with Crippen molar-refractivity contribution in [3.63, 3.8) is 0 Å². The summed E-state index contributed by atoms with van der Waals surface area (Å²) >= 11 is 2.11. The lowest BCUT2D eigenvalue weighted by Gasteiger charge is -2.46. The van der Waals surface area contributed by atoms with Gasteiger partial charge in [0.25, 0.3) is 0 Å². The van der Waals surface area contributed by atoms with E-state index in [-0.39, 0.29) is 61.2 Å². The first kappa shape index (κ1) is 30.4. The number of hydrogen-bond donors (Lipinski definition) is 2. The van der Waals surface area contributed by atoms with E-state index < -0.39 is 34.9 Å². The number of anilines is 2. The Morgan fingerprint density at radius 1 is 1.22 bits per heavy atom. The van der Waals surface area contributed by atoms with Gasteiger partial charge in [0.1, 0.15) is 17.9 Å². The van der Waals surface area contributed by atoms with Crippen LogP contribution in [0.2, 0.25) is 0 Å². The molecule has 0 aliphatic carbocycles. The van der Waals surface area contributed by atoms with E-state index in [1.807, 2.05) is 23.6 Å². The number of fused-ring (bicyclic) bond motifs is 1. The average molecular weight is 663 g/mol. The average Bonchev–Trinajstić information content (AvgIpc) is 3.26. The molecule has 3 aliphatic rings. The molecule has 1 spiro atoms. The van der Waals surface area contributed by atoms with Crippen LogP contribution in [0.3, 0.4) is 0 Å². The van der Waals surface area contributed by atoms with Gasteiger partial charge in [-0.3, -0.25) is 9.47 Å². The molecule has 0 saturated carbocycles. The summed E-state index contributed by atoms with van der Waals surface area (Å²) in [5, 5.41) is 10.7. The first-order valence-corrected chi connectivity index (χ1v) is 16.2. The van der Waals surface area contributed by atoms with Crippen molar-refractivity contribution in [3.05, 3.63) is 52.7 Å². The van der Waals surface area contributed by atoms with E-state index in [0.29, 0.717) is 37.6 Å². The Balaban J connectivity index is 1.55. The lowest BCUT2D eigenvalue weighted by atomic mass is 9.88. The Morgan fingerprint density at radius 2 is 1.98 bits per heavy atom. The highest BCUT2D eigenvalue weighted by Gasteiger charge is 2.45. The summed E-state index contributed by atoms with van der Waals surface area (Å²) in [5.74, 6) is -0.0732. The van der Waals surface area contributed by atoms with Gasteiger partial charge in [-0.1, -0.05) is 17.9 Å². The maximum Gasteiger partial charge on any atom is 0.417 e. The number of nitrogens with two attached hydrogens (primary N) is 1. The molecule has 0 radical (unpaired) electrons. The first-order chi connectivity index (χ1) is 21.3. The molecule has 9 nitrogen and oxygen atoms in total. The molecular formula is C30H30F4N6O3S2. The molecule has 0 amide bonds. The molecule has 7 rings (SSSR count). The molecule has 3 N–H and O–H groups in total. The van der Waals surface area contributed by atoms with Gasteiger partial charge in [0.2, 0.25) is 0 Å². The van der Waals surface area contributed by atoms with Crippen LogP contribution in [-0.4, -0.2) is 74.9 Å². The Labute approximate surface area is 263 Å². The summed E-state index contributed by atoms with van der Waals surface area (Å²) in [6, 6.07) is 2.96. The van der Waals surface area contributed by atoms with Crippen LogP contribution in [0.15, 0.2) is 40.5 Å². The highest BCUT2D eigenvalue weighted by Crippen LogP contribution is 2.52. The summed E-state index contributed by atoms with van der Waals surface area (Å²) in [4.78, 5) is 26.5. The SMILES string of the molecule is C=CC(O)N1C[C@H](C)N(c2nc(=O)n3c4c(c(-c5ccc(F)c6sc(N)nc56)c(C(F)(F)F)cc24)SCC2(COC2)C3)C[C@H]1C. The van der Waals surface area contributed by atoms with Gasteiger partial charge in [0.15, 0.2) is 5.13 Å². The van der Waals surface area contributed by atoms with Crippen LogP contribution in [0.25, 0.3) is 32.2 Å². The fourth-order valence-electron chi connectivity index (χ4n) is 6.71. The van der Waals surface area contributed by atoms with Gasteiger partial charge in [0.05, 0.1) is 34.5 Å². The normalized spacial score (nSPS) is 22.5. The fourth-order valence-corrected chi connectivity index (χ4v) is 8.90. The number of hydrogen-bond acceptors (Lipinski definition) is 10. The molecule has 4 aromatic rings. The number of benzene rings is 2. The van der Waals surface area contributed by atoms with E-state index in [4.69, 9.17) is 10.5 Å². The molecule has 2 aromatic heterocycles. The van der Waals surface area contributed by atoms with Crippen molar-refractivity contribution in [2.45, 2.75) is 49.8 Å². The predicted molar refractivity (Wildman–Crippen MR) is 167 cm³/mol. The molecule has 15 heteroatoms. The molecule has 5 heterocycles. The number of nitrogens with zero attached hydrogens (tertiary/aromatic N) is 5. The van der Waals surface area contributed by atoms with Gasteiger partial charge in [0, 0.05) is 64.3 Å². The minimum absolute atomic E-state index is 0.0296. The Bertz CT molecular complexity index is 1920. The maximum atomic E-state index is 15.2. The zero-order chi connectivity index (χ0) is 32.0. The van der Waals surface area contributed by atoms with E-state index >= 15 is 13.2 Å². The van der Waals surface area contributed by atoms with Crippen LogP contribution >= 0.6 is 23.1 Å². The highest BCUT2D eigenvalue weighted by atomic mass is 32.2. The van der Waals surface area contributed by atoms with E-state index in [0.717, 1.165) is 23.5 Å². The molecule has 3 atom stereocenters. The largest absolute Gasteiger partial charge is 0.417 e. The van der Waals surface area contributed by atoms with Crippen LogP contribution in [0.5, 0.6) is 0 Å². The maximum absolute atomic E-state index is 15.2. The number of halogens is 4. The Kier molecular flexibility index (Phi) is 7.20. The van der Waals surface area contributed by atoms with Crippen molar-refractivity contribution in [3.8, 4) is 11.1 Å². The number of thiazole rings is 1. The quantitative estimate of drug-likeness (QED) is 0.232. The molecular weight excluding hydrogens is 632 g/mol. The minimum atomic E-state index is -4.82. The summed E-state index contributed by atoms with van der Waals surface area (Å²) in [7, 11) is 0. The second-order valence-electron chi connectivity index (χ2n) is 12.1. The third-order valence-electron chi connectivity index (χ3n) is 8.97. The summed E-state index contributed by atoms with van der Waals surface area (Å²) in [5.41, 5.74) is 4.23. The summed E-state index contributed by atoms with van der Waals surface area (Å²) in [6.45, 7) is 9.06. The molecule has 2 fully saturated rings. The zero-order valence-electron chi connectivity index (χ0n) is 24.4. The Morgan fingerprint density at radius 3 is 2.64 bits per heavy atom. The fraction of sp³-hybridized carbons (Fsp3) is 0.433. The van der Waals surface area contributed by atoms with Gasteiger partial charge in [-0.25, -0.2) is 14.2 Å². The summed E-state index contributed by atoms with van der Waals surface area (Å²) in [6.07, 6.45) is -4.30. The minimum Gasteiger partial charge on any atom is -0.380 e. The number of aromatic nitrogens is 3. The molecule has 2 aromatic carbocycles. The molecule has 3 aliphatic heterocycles. The van der Waals surface area contributed by atoms with Gasteiger partial charge in [-0.05, 0) is 38.1 Å². The number of nitrogen functional groups attached to an aromatic ring is 1. The Hall–Kier alpha value is -3.24. The van der Waals surface area contributed by atoms with Gasteiger partial charge < -0.3 is 20.5 Å². The second kappa shape index (κ2) is 10.7. The van der Waals surface area contributed by atoms with Crippen molar-refractivity contribution in [2.75, 3.05) is 42.7 Å². The zero-order valence-corrected chi connectivity index (χ0v) is 26.0. The standard InChI is InChI=1S/C30H30F4N6O3S2/c1-4-20(41)38-8-15(3)39(9-14(38)2)26-17-7-18(30(32,33)34)21(16-5-6-19(31)24-22(16)36-27(35)45-24)25-23(17)40(28(42)37-26)10-29(13-44-25)11-43-12-29/h4-7,14-15,20,41H,1,8-13H2,2-3H3,(H2,35,36)/t14-,15+,20?/m1/s1. The number of aliphatic hydroxyl groups excluding tert-OH is 1. The number of alkyl halides is 3. The number of ether oxygens (including phenoxy) is 1. The topological polar surface area (TPSA) is 110 Å². The van der Waals surface area contributed by atoms with Gasteiger partial charge in [-0.2, -0.15) is 18.2 Å². The molecule has 2 saturated heterocycles. The smallest absolute Gasteiger partial charge is 0.380 e. The predicted octanol–water partition coefficient (Wildman–Crippen LogP) is 4.94. The molecule has 45 heavy (non-hydrogen) atoms. The monoisotopic (exact) mass is 662 g/mol. The lowest BCUT2D eigenvalue weighted by Crippen LogP contribution is -2.59. The number of thioether (sulfide) groups is 1. The first-order valence-electron chi connectivity index (χ1n) is 14.4. The number of piperazine rings is 1. The van der Waals surface area contributed by atoms with Crippen LogP contribution < -0.4 is 16.3 Å². The van der Waals surface area contributed by atoms with Crippen LogP contribution in [-0.2, 0) is 17.5 Å². The van der Waals surface area contributed by atoms with Crippen LogP contribution in [0.4, 0.5) is 28.5 Å².